The van der Waals surface area contributed by atoms with Gasteiger partial charge in [-0.15, -0.1) is 0 Å². The van der Waals surface area contributed by atoms with Crippen molar-refractivity contribution in [1.29, 1.82) is 0 Å². The third-order valence-corrected chi connectivity index (χ3v) is 5.33. The summed E-state index contributed by atoms with van der Waals surface area (Å²) in [6.45, 7) is 3.05. The number of hydrogen-bond donors (Lipinski definition) is 0. The van der Waals surface area contributed by atoms with Crippen molar-refractivity contribution in [1.82, 2.24) is 0 Å². The second-order valence-electron chi connectivity index (χ2n) is 8.12. The van der Waals surface area contributed by atoms with E-state index in [-0.39, 0.29) is 18.5 Å². The van der Waals surface area contributed by atoms with E-state index >= 15 is 0 Å². The van der Waals surface area contributed by atoms with E-state index < -0.39 is 0 Å². The van der Waals surface area contributed by atoms with E-state index in [0.717, 1.165) is 43.4 Å². The van der Waals surface area contributed by atoms with E-state index in [1.54, 1.807) is 7.11 Å². The number of ether oxygens (including phenoxy) is 3. The van der Waals surface area contributed by atoms with Crippen LogP contribution in [0.5, 0.6) is 5.75 Å². The lowest BCUT2D eigenvalue weighted by Gasteiger charge is -2.07. The first-order chi connectivity index (χ1) is 15.2. The number of esters is 2. The van der Waals surface area contributed by atoms with Gasteiger partial charge in [-0.25, -0.2) is 0 Å². The van der Waals surface area contributed by atoms with Gasteiger partial charge >= 0.3 is 11.9 Å². The summed E-state index contributed by atoms with van der Waals surface area (Å²) in [4.78, 5) is 23.6. The van der Waals surface area contributed by atoms with Crippen LogP contribution in [0.3, 0.4) is 0 Å². The predicted molar refractivity (Wildman–Crippen MR) is 124 cm³/mol. The van der Waals surface area contributed by atoms with Crippen molar-refractivity contribution in [2.45, 2.75) is 103 Å². The van der Waals surface area contributed by atoms with Gasteiger partial charge < -0.3 is 14.2 Å². The molecule has 0 saturated carbocycles. The highest BCUT2D eigenvalue weighted by molar-refractivity contribution is 5.69. The molecule has 0 fully saturated rings. The lowest BCUT2D eigenvalue weighted by molar-refractivity contribution is -0.145. The first kappa shape index (κ1) is 27.0. The van der Waals surface area contributed by atoms with Gasteiger partial charge in [-0.05, 0) is 37.0 Å². The molecule has 0 aliphatic heterocycles. The van der Waals surface area contributed by atoms with Gasteiger partial charge in [0.05, 0.1) is 13.7 Å². The fourth-order valence-corrected chi connectivity index (χ4v) is 3.34. The topological polar surface area (TPSA) is 61.8 Å². The van der Waals surface area contributed by atoms with E-state index in [4.69, 9.17) is 14.2 Å². The Morgan fingerprint density at radius 3 is 1.77 bits per heavy atom. The zero-order valence-electron chi connectivity index (χ0n) is 19.7. The number of rotatable bonds is 19. The summed E-state index contributed by atoms with van der Waals surface area (Å²) in [5, 5.41) is 0. The van der Waals surface area contributed by atoms with Gasteiger partial charge in [-0.2, -0.15) is 0 Å². The number of unbranched alkanes of at least 4 members (excludes halogenated alkanes) is 10. The van der Waals surface area contributed by atoms with Crippen molar-refractivity contribution < 1.29 is 23.8 Å². The first-order valence-electron chi connectivity index (χ1n) is 12.1. The molecule has 5 nitrogen and oxygen atoms in total. The molecule has 31 heavy (non-hydrogen) atoms. The maximum Gasteiger partial charge on any atom is 0.306 e. The summed E-state index contributed by atoms with van der Waals surface area (Å²) in [6.07, 6.45) is 14.4. The summed E-state index contributed by atoms with van der Waals surface area (Å²) in [6, 6.07) is 7.45. The largest absolute Gasteiger partial charge is 0.497 e. The minimum Gasteiger partial charge on any atom is -0.497 e. The van der Waals surface area contributed by atoms with Crippen LogP contribution in [0.2, 0.25) is 0 Å². The molecule has 0 unspecified atom stereocenters. The zero-order chi connectivity index (χ0) is 22.6. The number of hydrogen-bond acceptors (Lipinski definition) is 5. The molecule has 0 N–H and O–H groups in total. The van der Waals surface area contributed by atoms with Gasteiger partial charge in [0.1, 0.15) is 12.4 Å². The van der Waals surface area contributed by atoms with Gasteiger partial charge in [-0.1, -0.05) is 76.8 Å². The van der Waals surface area contributed by atoms with Crippen LogP contribution in [0.1, 0.15) is 102 Å². The molecular weight excluding hydrogens is 392 g/mol. The van der Waals surface area contributed by atoms with Crippen LogP contribution < -0.4 is 4.74 Å². The van der Waals surface area contributed by atoms with Crippen LogP contribution >= 0.6 is 0 Å². The summed E-state index contributed by atoms with van der Waals surface area (Å²) >= 11 is 0. The number of carbonyl (C=O) groups is 2. The van der Waals surface area contributed by atoms with E-state index in [1.165, 1.54) is 44.9 Å². The maximum atomic E-state index is 11.8. The molecule has 176 valence electrons. The van der Waals surface area contributed by atoms with Gasteiger partial charge in [-0.3, -0.25) is 9.59 Å². The molecule has 0 aliphatic rings. The predicted octanol–water partition coefficient (Wildman–Crippen LogP) is 6.76. The molecule has 0 saturated heterocycles. The fourth-order valence-electron chi connectivity index (χ4n) is 3.34. The zero-order valence-corrected chi connectivity index (χ0v) is 19.7. The molecular formula is C26H42O5. The Morgan fingerprint density at radius 2 is 1.19 bits per heavy atom. The van der Waals surface area contributed by atoms with Crippen LogP contribution in [-0.2, 0) is 25.7 Å². The molecule has 1 aromatic carbocycles. The van der Waals surface area contributed by atoms with Gasteiger partial charge in [0.25, 0.3) is 0 Å². The van der Waals surface area contributed by atoms with Crippen LogP contribution in [0, 0.1) is 0 Å². The SMILES string of the molecule is CCCCCCCCCCCOC(=O)CCCCCC(=O)OCc1ccc(OC)cc1. The molecule has 0 spiro atoms. The second-order valence-corrected chi connectivity index (χ2v) is 8.12. The average Bonchev–Trinajstić information content (AvgIpc) is 2.79. The standard InChI is InChI=1S/C26H42O5/c1-3-4-5-6-7-8-9-10-14-21-30-25(27)15-12-11-13-16-26(28)31-22-23-17-19-24(29-2)20-18-23/h17-20H,3-16,21-22H2,1-2H3. The maximum absolute atomic E-state index is 11.8. The van der Waals surface area contributed by atoms with Crippen molar-refractivity contribution in [3.8, 4) is 5.75 Å². The Morgan fingerprint density at radius 1 is 0.677 bits per heavy atom. The Hall–Kier alpha value is -2.04. The molecule has 0 bridgehead atoms. The van der Waals surface area contributed by atoms with Crippen molar-refractivity contribution in [2.24, 2.45) is 0 Å². The van der Waals surface area contributed by atoms with Crippen LogP contribution in [0.4, 0.5) is 0 Å². The molecule has 5 heteroatoms. The number of benzene rings is 1. The summed E-state index contributed by atoms with van der Waals surface area (Å²) in [5.74, 6) is 0.451. The van der Waals surface area contributed by atoms with Crippen LogP contribution in [-0.4, -0.2) is 25.7 Å². The van der Waals surface area contributed by atoms with E-state index in [2.05, 4.69) is 6.92 Å². The lowest BCUT2D eigenvalue weighted by Crippen LogP contribution is -2.06. The van der Waals surface area contributed by atoms with Crippen LogP contribution in [0.25, 0.3) is 0 Å². The molecule has 0 heterocycles. The van der Waals surface area contributed by atoms with E-state index in [1.807, 2.05) is 24.3 Å². The molecule has 1 aromatic rings. The Labute approximate surface area is 188 Å². The van der Waals surface area contributed by atoms with E-state index in [9.17, 15) is 9.59 Å². The lowest BCUT2D eigenvalue weighted by atomic mass is 10.1. The highest BCUT2D eigenvalue weighted by Crippen LogP contribution is 2.13. The highest BCUT2D eigenvalue weighted by Gasteiger charge is 2.06. The number of methoxy groups -OCH3 is 1. The Kier molecular flexibility index (Phi) is 16.3. The molecule has 0 aliphatic carbocycles. The second kappa shape index (κ2) is 18.7. The third-order valence-electron chi connectivity index (χ3n) is 5.33. The summed E-state index contributed by atoms with van der Waals surface area (Å²) in [5.41, 5.74) is 0.934. The average molecular weight is 435 g/mol. The molecule has 0 atom stereocenters. The van der Waals surface area contributed by atoms with Gasteiger partial charge in [0, 0.05) is 12.8 Å². The fraction of sp³-hybridized carbons (Fsp3) is 0.692. The summed E-state index contributed by atoms with van der Waals surface area (Å²) < 4.78 is 15.7. The normalized spacial score (nSPS) is 10.6. The highest BCUT2D eigenvalue weighted by atomic mass is 16.5. The first-order valence-corrected chi connectivity index (χ1v) is 12.1. The Balaban J connectivity index is 1.89. The third kappa shape index (κ3) is 15.4. The van der Waals surface area contributed by atoms with Crippen molar-refractivity contribution in [3.05, 3.63) is 29.8 Å². The summed E-state index contributed by atoms with van der Waals surface area (Å²) in [7, 11) is 1.62. The minimum atomic E-state index is -0.205. The van der Waals surface area contributed by atoms with Crippen molar-refractivity contribution in [2.75, 3.05) is 13.7 Å². The van der Waals surface area contributed by atoms with Gasteiger partial charge in [0.15, 0.2) is 0 Å². The quantitative estimate of drug-likeness (QED) is 0.178. The molecule has 0 amide bonds. The van der Waals surface area contributed by atoms with Gasteiger partial charge in [0.2, 0.25) is 0 Å². The molecule has 0 aromatic heterocycles. The smallest absolute Gasteiger partial charge is 0.306 e. The van der Waals surface area contributed by atoms with Crippen molar-refractivity contribution in [3.63, 3.8) is 0 Å². The minimum absolute atomic E-state index is 0.123. The van der Waals surface area contributed by atoms with Crippen LogP contribution in [0.15, 0.2) is 24.3 Å². The Bertz CT molecular complexity index is 582. The monoisotopic (exact) mass is 434 g/mol. The van der Waals surface area contributed by atoms with Crippen molar-refractivity contribution >= 4 is 11.9 Å². The number of carbonyl (C=O) groups excluding carboxylic acids is 2. The molecule has 0 radical (unpaired) electrons. The van der Waals surface area contributed by atoms with E-state index in [0.29, 0.717) is 19.4 Å². The molecule has 1 rings (SSSR count).